The Hall–Kier alpha value is -1.25. The van der Waals surface area contributed by atoms with Gasteiger partial charge in [-0.1, -0.05) is 13.8 Å². The molecule has 0 aliphatic rings. The third-order valence-corrected chi connectivity index (χ3v) is 2.30. The van der Waals surface area contributed by atoms with Crippen LogP contribution in [0.5, 0.6) is 0 Å². The zero-order chi connectivity index (χ0) is 10.9. The Morgan fingerprint density at radius 2 is 2.00 bits per heavy atom. The van der Waals surface area contributed by atoms with Crippen LogP contribution < -0.4 is 11.3 Å². The van der Waals surface area contributed by atoms with Gasteiger partial charge in [-0.05, 0) is 31.4 Å². The topological polar surface area (TPSA) is 48.0 Å². The fraction of sp³-hybridized carbons (Fsp3) is 0.545. The maximum Gasteiger partial charge on any atom is 0.274 e. The zero-order valence-corrected chi connectivity index (χ0v) is 9.29. The quantitative estimate of drug-likeness (QED) is 0.779. The van der Waals surface area contributed by atoms with E-state index in [2.05, 4.69) is 13.8 Å². The molecule has 0 aromatic carbocycles. The van der Waals surface area contributed by atoms with E-state index in [1.807, 2.05) is 19.9 Å². The standard InChI is InChI=1S/C11H18N2O/c1-7(2)6-13-9(4)5-8(3)10(12)11(13)14/h5,7H,6,12H2,1-4H3. The van der Waals surface area contributed by atoms with Crippen LogP contribution >= 0.6 is 0 Å². The molecule has 3 nitrogen and oxygen atoms in total. The molecule has 14 heavy (non-hydrogen) atoms. The van der Waals surface area contributed by atoms with E-state index in [1.165, 1.54) is 0 Å². The molecule has 78 valence electrons. The number of aryl methyl sites for hydroxylation is 2. The van der Waals surface area contributed by atoms with Crippen LogP contribution in [0.25, 0.3) is 0 Å². The number of aromatic nitrogens is 1. The van der Waals surface area contributed by atoms with Gasteiger partial charge in [-0.15, -0.1) is 0 Å². The van der Waals surface area contributed by atoms with Crippen molar-refractivity contribution in [3.05, 3.63) is 27.7 Å². The smallest absolute Gasteiger partial charge is 0.274 e. The first-order valence-electron chi connectivity index (χ1n) is 4.90. The summed E-state index contributed by atoms with van der Waals surface area (Å²) < 4.78 is 1.74. The highest BCUT2D eigenvalue weighted by molar-refractivity contribution is 5.44. The number of pyridine rings is 1. The van der Waals surface area contributed by atoms with Gasteiger partial charge in [0.25, 0.3) is 5.56 Å². The van der Waals surface area contributed by atoms with E-state index in [0.717, 1.165) is 17.8 Å². The molecule has 1 rings (SSSR count). The molecule has 0 unspecified atom stereocenters. The number of hydrogen-bond acceptors (Lipinski definition) is 2. The molecule has 1 aromatic heterocycles. The van der Waals surface area contributed by atoms with E-state index in [-0.39, 0.29) is 5.56 Å². The molecule has 3 heteroatoms. The van der Waals surface area contributed by atoms with E-state index >= 15 is 0 Å². The lowest BCUT2D eigenvalue weighted by atomic mass is 10.1. The molecule has 0 aliphatic heterocycles. The van der Waals surface area contributed by atoms with Gasteiger partial charge >= 0.3 is 0 Å². The monoisotopic (exact) mass is 194 g/mol. The van der Waals surface area contributed by atoms with Crippen LogP contribution in [0.1, 0.15) is 25.1 Å². The van der Waals surface area contributed by atoms with Gasteiger partial charge in [0, 0.05) is 12.2 Å². The van der Waals surface area contributed by atoms with Crippen LogP contribution in [-0.4, -0.2) is 4.57 Å². The predicted octanol–water partition coefficient (Wildman–Crippen LogP) is 1.70. The minimum absolute atomic E-state index is 0.0591. The maximum atomic E-state index is 11.8. The fourth-order valence-corrected chi connectivity index (χ4v) is 1.54. The summed E-state index contributed by atoms with van der Waals surface area (Å²) in [6.07, 6.45) is 0. The molecular weight excluding hydrogens is 176 g/mol. The number of hydrogen-bond donors (Lipinski definition) is 1. The summed E-state index contributed by atoms with van der Waals surface area (Å²) in [6.45, 7) is 8.71. The van der Waals surface area contributed by atoms with Gasteiger partial charge in [-0.3, -0.25) is 4.79 Å². The highest BCUT2D eigenvalue weighted by Gasteiger charge is 2.08. The van der Waals surface area contributed by atoms with Gasteiger partial charge in [0.1, 0.15) is 5.69 Å². The van der Waals surface area contributed by atoms with Crippen molar-refractivity contribution in [1.29, 1.82) is 0 Å². The predicted molar refractivity (Wildman–Crippen MR) is 59.4 cm³/mol. The SMILES string of the molecule is Cc1cc(C)n(CC(C)C)c(=O)c1N. The lowest BCUT2D eigenvalue weighted by Gasteiger charge is -2.14. The van der Waals surface area contributed by atoms with Crippen LogP contribution in [0.4, 0.5) is 5.69 Å². The Bertz CT molecular complexity index is 391. The van der Waals surface area contributed by atoms with Crippen molar-refractivity contribution in [2.45, 2.75) is 34.2 Å². The molecule has 0 radical (unpaired) electrons. The molecule has 0 bridgehead atoms. The first kappa shape index (κ1) is 10.8. The molecule has 0 fully saturated rings. The van der Waals surface area contributed by atoms with Gasteiger partial charge in [0.2, 0.25) is 0 Å². The highest BCUT2D eigenvalue weighted by Crippen LogP contribution is 2.09. The Morgan fingerprint density at radius 1 is 1.43 bits per heavy atom. The lowest BCUT2D eigenvalue weighted by Crippen LogP contribution is -2.27. The van der Waals surface area contributed by atoms with Crippen molar-refractivity contribution >= 4 is 5.69 Å². The van der Waals surface area contributed by atoms with Crippen LogP contribution in [0.2, 0.25) is 0 Å². The summed E-state index contributed by atoms with van der Waals surface area (Å²) in [4.78, 5) is 11.8. The number of rotatable bonds is 2. The van der Waals surface area contributed by atoms with Crippen LogP contribution in [0.15, 0.2) is 10.9 Å². The van der Waals surface area contributed by atoms with Gasteiger partial charge in [0.15, 0.2) is 0 Å². The lowest BCUT2D eigenvalue weighted by molar-refractivity contribution is 0.503. The van der Waals surface area contributed by atoms with E-state index in [0.29, 0.717) is 11.6 Å². The first-order chi connectivity index (χ1) is 6.43. The molecule has 1 aromatic rings. The molecule has 2 N–H and O–H groups in total. The second-order valence-electron chi connectivity index (χ2n) is 4.19. The van der Waals surface area contributed by atoms with Crippen molar-refractivity contribution in [2.24, 2.45) is 5.92 Å². The third kappa shape index (κ3) is 1.97. The van der Waals surface area contributed by atoms with E-state index in [1.54, 1.807) is 4.57 Å². The Balaban J connectivity index is 3.30. The summed E-state index contributed by atoms with van der Waals surface area (Å²) in [6, 6.07) is 1.96. The number of anilines is 1. The summed E-state index contributed by atoms with van der Waals surface area (Å²) >= 11 is 0. The first-order valence-corrected chi connectivity index (χ1v) is 4.90. The summed E-state index contributed by atoms with van der Waals surface area (Å²) in [5, 5.41) is 0. The fourth-order valence-electron chi connectivity index (χ4n) is 1.54. The van der Waals surface area contributed by atoms with Crippen molar-refractivity contribution in [1.82, 2.24) is 4.57 Å². The number of nitrogen functional groups attached to an aromatic ring is 1. The van der Waals surface area contributed by atoms with Gasteiger partial charge in [-0.25, -0.2) is 0 Å². The molecule has 0 saturated carbocycles. The normalized spacial score (nSPS) is 10.9. The van der Waals surface area contributed by atoms with Crippen molar-refractivity contribution < 1.29 is 0 Å². The Morgan fingerprint density at radius 3 is 2.50 bits per heavy atom. The van der Waals surface area contributed by atoms with Crippen molar-refractivity contribution in [3.63, 3.8) is 0 Å². The van der Waals surface area contributed by atoms with Crippen molar-refractivity contribution in [3.8, 4) is 0 Å². The zero-order valence-electron chi connectivity index (χ0n) is 9.29. The number of nitrogens with zero attached hydrogens (tertiary/aromatic N) is 1. The maximum absolute atomic E-state index is 11.8. The van der Waals surface area contributed by atoms with Crippen molar-refractivity contribution in [2.75, 3.05) is 5.73 Å². The minimum atomic E-state index is -0.0591. The van der Waals surface area contributed by atoms with E-state index in [9.17, 15) is 4.79 Å². The second kappa shape index (κ2) is 3.86. The second-order valence-corrected chi connectivity index (χ2v) is 4.19. The van der Waals surface area contributed by atoms with Crippen LogP contribution in [0.3, 0.4) is 0 Å². The average Bonchev–Trinajstić information content (AvgIpc) is 2.09. The summed E-state index contributed by atoms with van der Waals surface area (Å²) in [5.41, 5.74) is 7.86. The Labute approximate surface area is 84.6 Å². The summed E-state index contributed by atoms with van der Waals surface area (Å²) in [7, 11) is 0. The minimum Gasteiger partial charge on any atom is -0.394 e. The van der Waals surface area contributed by atoms with Crippen LogP contribution in [-0.2, 0) is 6.54 Å². The molecule has 0 amide bonds. The average molecular weight is 194 g/mol. The van der Waals surface area contributed by atoms with Crippen LogP contribution in [0, 0.1) is 19.8 Å². The largest absolute Gasteiger partial charge is 0.394 e. The Kier molecular flexibility index (Phi) is 2.99. The molecule has 0 saturated heterocycles. The molecule has 0 aliphatic carbocycles. The van der Waals surface area contributed by atoms with Gasteiger partial charge in [0.05, 0.1) is 0 Å². The van der Waals surface area contributed by atoms with E-state index in [4.69, 9.17) is 5.73 Å². The summed E-state index contributed by atoms with van der Waals surface area (Å²) in [5.74, 6) is 0.452. The third-order valence-electron chi connectivity index (χ3n) is 2.30. The van der Waals surface area contributed by atoms with E-state index < -0.39 is 0 Å². The molecule has 1 heterocycles. The van der Waals surface area contributed by atoms with Gasteiger partial charge in [-0.2, -0.15) is 0 Å². The number of nitrogens with two attached hydrogens (primary N) is 1. The highest BCUT2D eigenvalue weighted by atomic mass is 16.1. The molecular formula is C11H18N2O. The molecule has 0 atom stereocenters. The molecule has 0 spiro atoms. The van der Waals surface area contributed by atoms with Gasteiger partial charge < -0.3 is 10.3 Å².